The molecule has 0 spiro atoms. The van der Waals surface area contributed by atoms with Crippen molar-refractivity contribution in [1.82, 2.24) is 4.98 Å². The molecule has 1 N–H and O–H groups in total. The lowest BCUT2D eigenvalue weighted by Gasteiger charge is -2.03. The largest absolute Gasteiger partial charge is 0.321 e. The maximum Gasteiger partial charge on any atom is 0.266 e. The van der Waals surface area contributed by atoms with E-state index < -0.39 is 5.56 Å². The van der Waals surface area contributed by atoms with Gasteiger partial charge in [0.05, 0.1) is 0 Å². The summed E-state index contributed by atoms with van der Waals surface area (Å²) < 4.78 is 0. The van der Waals surface area contributed by atoms with E-state index in [9.17, 15) is 4.79 Å². The average Bonchev–Trinajstić information content (AvgIpc) is 2.29. The molecule has 2 rings (SSSR count). The maximum atomic E-state index is 11.4. The van der Waals surface area contributed by atoms with Crippen molar-refractivity contribution in [2.75, 3.05) is 0 Å². The van der Waals surface area contributed by atoms with Crippen LogP contribution in [0.25, 0.3) is 11.3 Å². The summed E-state index contributed by atoms with van der Waals surface area (Å²) in [6.45, 7) is 0. The maximum absolute atomic E-state index is 11.4. The van der Waals surface area contributed by atoms with Gasteiger partial charge in [-0.15, -0.1) is 0 Å². The van der Waals surface area contributed by atoms with Crippen LogP contribution in [0.3, 0.4) is 0 Å². The monoisotopic (exact) mass is 230 g/mol. The number of nitrogens with one attached hydrogen (secondary N) is 1. The lowest BCUT2D eigenvalue weighted by atomic mass is 10.1. The molecule has 78 valence electrons. The van der Waals surface area contributed by atoms with E-state index in [4.69, 9.17) is 16.9 Å². The van der Waals surface area contributed by atoms with Crippen molar-refractivity contribution in [1.29, 1.82) is 5.26 Å². The van der Waals surface area contributed by atoms with Gasteiger partial charge in [-0.05, 0) is 18.2 Å². The highest BCUT2D eigenvalue weighted by atomic mass is 35.5. The molecule has 0 saturated carbocycles. The van der Waals surface area contributed by atoms with E-state index in [1.54, 1.807) is 18.2 Å². The number of halogens is 1. The predicted octanol–water partition coefficient (Wildman–Crippen LogP) is 2.57. The molecule has 16 heavy (non-hydrogen) atoms. The number of nitrogens with zero attached hydrogens (tertiary/aromatic N) is 1. The van der Waals surface area contributed by atoms with Gasteiger partial charge in [0, 0.05) is 16.3 Å². The van der Waals surface area contributed by atoms with Crippen LogP contribution in [-0.4, -0.2) is 4.98 Å². The highest BCUT2D eigenvalue weighted by molar-refractivity contribution is 6.33. The fourth-order valence-corrected chi connectivity index (χ4v) is 1.64. The second kappa shape index (κ2) is 4.21. The van der Waals surface area contributed by atoms with E-state index in [1.807, 2.05) is 18.2 Å². The highest BCUT2D eigenvalue weighted by Crippen LogP contribution is 2.24. The fourth-order valence-electron chi connectivity index (χ4n) is 1.40. The molecule has 0 radical (unpaired) electrons. The molecule has 0 aliphatic rings. The Bertz CT molecular complexity index is 625. The van der Waals surface area contributed by atoms with Gasteiger partial charge in [-0.25, -0.2) is 0 Å². The smallest absolute Gasteiger partial charge is 0.266 e. The Morgan fingerprint density at radius 1 is 1.19 bits per heavy atom. The third-order valence-corrected chi connectivity index (χ3v) is 2.52. The number of hydrogen-bond acceptors (Lipinski definition) is 2. The molecule has 0 bridgehead atoms. The van der Waals surface area contributed by atoms with Crippen molar-refractivity contribution in [3.05, 3.63) is 57.3 Å². The van der Waals surface area contributed by atoms with Gasteiger partial charge in [0.2, 0.25) is 0 Å². The van der Waals surface area contributed by atoms with E-state index in [0.717, 1.165) is 5.56 Å². The zero-order valence-electron chi connectivity index (χ0n) is 8.20. The molecule has 0 aliphatic carbocycles. The van der Waals surface area contributed by atoms with Gasteiger partial charge in [-0.1, -0.05) is 29.8 Å². The molecule has 0 amide bonds. The summed E-state index contributed by atoms with van der Waals surface area (Å²) in [5.41, 5.74) is 1.04. The number of rotatable bonds is 1. The SMILES string of the molecule is N#Cc1ccc(-c2ccccc2Cl)[nH]c1=O. The average molecular weight is 231 g/mol. The van der Waals surface area contributed by atoms with Gasteiger partial charge in [-0.3, -0.25) is 4.79 Å². The third-order valence-electron chi connectivity index (χ3n) is 2.19. The van der Waals surface area contributed by atoms with Crippen LogP contribution in [0.1, 0.15) is 5.56 Å². The zero-order valence-corrected chi connectivity index (χ0v) is 8.95. The summed E-state index contributed by atoms with van der Waals surface area (Å²) in [6, 6.07) is 12.2. The first-order valence-corrected chi connectivity index (χ1v) is 4.98. The Kier molecular flexibility index (Phi) is 2.76. The summed E-state index contributed by atoms with van der Waals surface area (Å²) in [5.74, 6) is 0. The number of pyridine rings is 1. The second-order valence-electron chi connectivity index (χ2n) is 3.21. The highest BCUT2D eigenvalue weighted by Gasteiger charge is 2.05. The number of aromatic nitrogens is 1. The Balaban J connectivity index is 2.60. The van der Waals surface area contributed by atoms with Gasteiger partial charge in [-0.2, -0.15) is 5.26 Å². The summed E-state index contributed by atoms with van der Waals surface area (Å²) in [7, 11) is 0. The normalized spacial score (nSPS) is 9.75. The second-order valence-corrected chi connectivity index (χ2v) is 3.61. The van der Waals surface area contributed by atoms with Gasteiger partial charge in [0.1, 0.15) is 11.6 Å². The Hall–Kier alpha value is -2.05. The lowest BCUT2D eigenvalue weighted by molar-refractivity contribution is 1.22. The van der Waals surface area contributed by atoms with E-state index in [-0.39, 0.29) is 5.56 Å². The van der Waals surface area contributed by atoms with E-state index >= 15 is 0 Å². The van der Waals surface area contributed by atoms with Crippen molar-refractivity contribution in [2.24, 2.45) is 0 Å². The summed E-state index contributed by atoms with van der Waals surface area (Å²) in [6.07, 6.45) is 0. The Labute approximate surface area is 96.9 Å². The molecule has 1 aromatic heterocycles. The van der Waals surface area contributed by atoms with Crippen LogP contribution in [0.2, 0.25) is 5.02 Å². The first-order chi connectivity index (χ1) is 7.72. The van der Waals surface area contributed by atoms with Crippen molar-refractivity contribution >= 4 is 11.6 Å². The standard InChI is InChI=1S/C12H7ClN2O/c13-10-4-2-1-3-9(10)11-6-5-8(7-14)12(16)15-11/h1-6H,(H,15,16). The summed E-state index contributed by atoms with van der Waals surface area (Å²) in [5, 5.41) is 9.20. The molecule has 0 saturated heterocycles. The minimum atomic E-state index is -0.403. The van der Waals surface area contributed by atoms with E-state index in [2.05, 4.69) is 4.98 Å². The van der Waals surface area contributed by atoms with Gasteiger partial charge in [0.15, 0.2) is 0 Å². The lowest BCUT2D eigenvalue weighted by Crippen LogP contribution is -2.10. The molecule has 0 atom stereocenters. The van der Waals surface area contributed by atoms with E-state index in [1.165, 1.54) is 6.07 Å². The minimum Gasteiger partial charge on any atom is -0.321 e. The van der Waals surface area contributed by atoms with Gasteiger partial charge >= 0.3 is 0 Å². The van der Waals surface area contributed by atoms with Crippen molar-refractivity contribution in [3.8, 4) is 17.3 Å². The molecule has 2 aromatic rings. The molecule has 3 nitrogen and oxygen atoms in total. The van der Waals surface area contributed by atoms with Crippen molar-refractivity contribution in [2.45, 2.75) is 0 Å². The van der Waals surface area contributed by atoms with Crippen LogP contribution >= 0.6 is 11.6 Å². The quantitative estimate of drug-likeness (QED) is 0.819. The molecule has 1 heterocycles. The number of H-pyrrole nitrogens is 1. The summed E-state index contributed by atoms with van der Waals surface area (Å²) >= 11 is 6.00. The molecule has 4 heteroatoms. The van der Waals surface area contributed by atoms with Crippen molar-refractivity contribution in [3.63, 3.8) is 0 Å². The molecule has 1 aromatic carbocycles. The molecule has 0 aliphatic heterocycles. The Morgan fingerprint density at radius 2 is 1.94 bits per heavy atom. The first-order valence-electron chi connectivity index (χ1n) is 4.60. The fraction of sp³-hybridized carbons (Fsp3) is 0. The van der Waals surface area contributed by atoms with Crippen LogP contribution in [0, 0.1) is 11.3 Å². The minimum absolute atomic E-state index is 0.0933. The van der Waals surface area contributed by atoms with Crippen LogP contribution in [0.5, 0.6) is 0 Å². The van der Waals surface area contributed by atoms with Gasteiger partial charge in [0.25, 0.3) is 5.56 Å². The third kappa shape index (κ3) is 1.83. The van der Waals surface area contributed by atoms with E-state index in [0.29, 0.717) is 10.7 Å². The number of nitriles is 1. The van der Waals surface area contributed by atoms with Crippen LogP contribution in [0.4, 0.5) is 0 Å². The summed E-state index contributed by atoms with van der Waals surface area (Å²) in [4.78, 5) is 14.1. The van der Waals surface area contributed by atoms with Crippen LogP contribution in [-0.2, 0) is 0 Å². The van der Waals surface area contributed by atoms with Gasteiger partial charge < -0.3 is 4.98 Å². The molecular formula is C12H7ClN2O. The van der Waals surface area contributed by atoms with Crippen LogP contribution < -0.4 is 5.56 Å². The van der Waals surface area contributed by atoms with Crippen LogP contribution in [0.15, 0.2) is 41.2 Å². The van der Waals surface area contributed by atoms with Crippen molar-refractivity contribution < 1.29 is 0 Å². The Morgan fingerprint density at radius 3 is 2.56 bits per heavy atom. The first kappa shape index (κ1) is 10.5. The number of hydrogen-bond donors (Lipinski definition) is 1. The number of benzene rings is 1. The predicted molar refractivity (Wildman–Crippen MR) is 62.2 cm³/mol. The molecular weight excluding hydrogens is 224 g/mol. The topological polar surface area (TPSA) is 56.6 Å². The number of aromatic amines is 1. The molecule has 0 fully saturated rings. The zero-order chi connectivity index (χ0) is 11.5. The molecule has 0 unspecified atom stereocenters.